The Morgan fingerprint density at radius 2 is 1.90 bits per heavy atom. The first kappa shape index (κ1) is 13.1. The molecule has 1 aliphatic rings. The van der Waals surface area contributed by atoms with E-state index in [2.05, 4.69) is 5.32 Å². The number of benzene rings is 2. The SMILES string of the molecule is Fc1c(Cl)cccc1NCc1cccc2c1OCCO2. The zero-order chi connectivity index (χ0) is 13.9. The molecule has 0 spiro atoms. The third-order valence-electron chi connectivity index (χ3n) is 3.07. The summed E-state index contributed by atoms with van der Waals surface area (Å²) in [6.07, 6.45) is 0. The van der Waals surface area contributed by atoms with Gasteiger partial charge in [0, 0.05) is 12.1 Å². The van der Waals surface area contributed by atoms with Crippen LogP contribution < -0.4 is 14.8 Å². The van der Waals surface area contributed by atoms with E-state index in [9.17, 15) is 4.39 Å². The van der Waals surface area contributed by atoms with Crippen LogP contribution in [0.4, 0.5) is 10.1 Å². The van der Waals surface area contributed by atoms with Gasteiger partial charge in [-0.1, -0.05) is 29.8 Å². The monoisotopic (exact) mass is 293 g/mol. The predicted molar refractivity (Wildman–Crippen MR) is 76.2 cm³/mol. The number of ether oxygens (including phenoxy) is 2. The van der Waals surface area contributed by atoms with Crippen LogP contribution in [-0.2, 0) is 6.54 Å². The van der Waals surface area contributed by atoms with Gasteiger partial charge in [-0.3, -0.25) is 0 Å². The van der Waals surface area contributed by atoms with Crippen LogP contribution in [0.25, 0.3) is 0 Å². The normalized spacial score (nSPS) is 13.1. The Bertz CT molecular complexity index is 633. The molecule has 2 aromatic rings. The Labute approximate surface area is 121 Å². The van der Waals surface area contributed by atoms with E-state index in [1.807, 2.05) is 18.2 Å². The summed E-state index contributed by atoms with van der Waals surface area (Å²) in [6.45, 7) is 1.51. The first-order valence-electron chi connectivity index (χ1n) is 6.31. The fraction of sp³-hybridized carbons (Fsp3) is 0.200. The van der Waals surface area contributed by atoms with E-state index in [1.54, 1.807) is 12.1 Å². The smallest absolute Gasteiger partial charge is 0.166 e. The molecule has 0 atom stereocenters. The van der Waals surface area contributed by atoms with Gasteiger partial charge in [-0.2, -0.15) is 0 Å². The van der Waals surface area contributed by atoms with Gasteiger partial charge in [0.15, 0.2) is 17.3 Å². The number of anilines is 1. The highest BCUT2D eigenvalue weighted by atomic mass is 35.5. The van der Waals surface area contributed by atoms with Crippen molar-refractivity contribution in [1.29, 1.82) is 0 Å². The van der Waals surface area contributed by atoms with Crippen molar-refractivity contribution in [2.24, 2.45) is 0 Å². The van der Waals surface area contributed by atoms with Gasteiger partial charge < -0.3 is 14.8 Å². The van der Waals surface area contributed by atoms with E-state index in [1.165, 1.54) is 6.07 Å². The maximum absolute atomic E-state index is 13.8. The molecular weight excluding hydrogens is 281 g/mol. The molecule has 1 heterocycles. The zero-order valence-electron chi connectivity index (χ0n) is 10.7. The lowest BCUT2D eigenvalue weighted by molar-refractivity contribution is 0.170. The molecule has 3 rings (SSSR count). The molecule has 1 aliphatic heterocycles. The molecule has 0 amide bonds. The van der Waals surface area contributed by atoms with Crippen molar-refractivity contribution in [1.82, 2.24) is 0 Å². The van der Waals surface area contributed by atoms with Crippen LogP contribution in [0.5, 0.6) is 11.5 Å². The van der Waals surface area contributed by atoms with Gasteiger partial charge in [-0.05, 0) is 18.2 Å². The second-order valence-corrected chi connectivity index (χ2v) is 4.80. The van der Waals surface area contributed by atoms with Crippen molar-refractivity contribution in [3.8, 4) is 11.5 Å². The maximum Gasteiger partial charge on any atom is 0.166 e. The molecule has 0 radical (unpaired) electrons. The average molecular weight is 294 g/mol. The van der Waals surface area contributed by atoms with Crippen LogP contribution in [-0.4, -0.2) is 13.2 Å². The molecule has 0 saturated carbocycles. The van der Waals surface area contributed by atoms with Crippen LogP contribution in [0.1, 0.15) is 5.56 Å². The standard InChI is InChI=1S/C15H13ClFNO2/c16-11-4-2-5-12(14(11)17)18-9-10-3-1-6-13-15(10)20-8-7-19-13/h1-6,18H,7-9H2. The summed E-state index contributed by atoms with van der Waals surface area (Å²) in [6, 6.07) is 10.5. The van der Waals surface area contributed by atoms with Gasteiger partial charge in [0.25, 0.3) is 0 Å². The number of nitrogens with one attached hydrogen (secondary N) is 1. The molecule has 0 bridgehead atoms. The Morgan fingerprint density at radius 1 is 1.10 bits per heavy atom. The maximum atomic E-state index is 13.8. The molecule has 5 heteroatoms. The molecule has 3 nitrogen and oxygen atoms in total. The largest absolute Gasteiger partial charge is 0.486 e. The third kappa shape index (κ3) is 2.51. The van der Waals surface area contributed by atoms with Crippen LogP contribution in [0.15, 0.2) is 36.4 Å². The Morgan fingerprint density at radius 3 is 2.80 bits per heavy atom. The Hall–Kier alpha value is -1.94. The molecule has 0 aromatic heterocycles. The number of halogens is 2. The number of para-hydroxylation sites is 1. The molecule has 0 unspecified atom stereocenters. The van der Waals surface area contributed by atoms with E-state index >= 15 is 0 Å². The fourth-order valence-corrected chi connectivity index (χ4v) is 2.28. The van der Waals surface area contributed by atoms with E-state index in [-0.39, 0.29) is 5.02 Å². The summed E-state index contributed by atoms with van der Waals surface area (Å²) < 4.78 is 24.9. The van der Waals surface area contributed by atoms with Crippen molar-refractivity contribution < 1.29 is 13.9 Å². The molecule has 104 valence electrons. The second-order valence-electron chi connectivity index (χ2n) is 4.40. The quantitative estimate of drug-likeness (QED) is 0.932. The predicted octanol–water partition coefficient (Wildman–Crippen LogP) is 3.86. The first-order valence-corrected chi connectivity index (χ1v) is 6.69. The van der Waals surface area contributed by atoms with Crippen LogP contribution >= 0.6 is 11.6 Å². The van der Waals surface area contributed by atoms with E-state index in [4.69, 9.17) is 21.1 Å². The van der Waals surface area contributed by atoms with Gasteiger partial charge in [0.2, 0.25) is 0 Å². The van der Waals surface area contributed by atoms with E-state index < -0.39 is 5.82 Å². The summed E-state index contributed by atoms with van der Waals surface area (Å²) in [5, 5.41) is 3.13. The van der Waals surface area contributed by atoms with Crippen molar-refractivity contribution in [3.05, 3.63) is 52.8 Å². The number of hydrogen-bond acceptors (Lipinski definition) is 3. The molecule has 0 aliphatic carbocycles. The van der Waals surface area contributed by atoms with Gasteiger partial charge in [-0.25, -0.2) is 4.39 Å². The van der Waals surface area contributed by atoms with Crippen LogP contribution in [0.2, 0.25) is 5.02 Å². The number of rotatable bonds is 3. The average Bonchev–Trinajstić information content (AvgIpc) is 2.49. The minimum Gasteiger partial charge on any atom is -0.486 e. The second kappa shape index (κ2) is 5.59. The lowest BCUT2D eigenvalue weighted by Gasteiger charge is -2.21. The van der Waals surface area contributed by atoms with Crippen LogP contribution in [0.3, 0.4) is 0 Å². The van der Waals surface area contributed by atoms with Crippen LogP contribution in [0, 0.1) is 5.82 Å². The highest BCUT2D eigenvalue weighted by Crippen LogP contribution is 2.34. The minimum absolute atomic E-state index is 0.102. The van der Waals surface area contributed by atoms with E-state index in [0.29, 0.717) is 31.2 Å². The van der Waals surface area contributed by atoms with Crippen molar-refractivity contribution in [2.45, 2.75) is 6.54 Å². The Balaban J connectivity index is 1.80. The van der Waals surface area contributed by atoms with Gasteiger partial charge in [0.1, 0.15) is 13.2 Å². The summed E-state index contributed by atoms with van der Waals surface area (Å²) >= 11 is 5.75. The fourth-order valence-electron chi connectivity index (χ4n) is 2.10. The highest BCUT2D eigenvalue weighted by Gasteiger charge is 2.15. The molecule has 0 fully saturated rings. The number of fused-ring (bicyclic) bond motifs is 1. The minimum atomic E-state index is -0.448. The first-order chi connectivity index (χ1) is 9.75. The van der Waals surface area contributed by atoms with Crippen molar-refractivity contribution >= 4 is 17.3 Å². The lowest BCUT2D eigenvalue weighted by Crippen LogP contribution is -2.17. The number of hydrogen-bond donors (Lipinski definition) is 1. The Kier molecular flexibility index (Phi) is 3.65. The molecule has 2 aromatic carbocycles. The molecule has 0 saturated heterocycles. The summed E-state index contributed by atoms with van der Waals surface area (Å²) in [5.41, 5.74) is 1.29. The third-order valence-corrected chi connectivity index (χ3v) is 3.36. The van der Waals surface area contributed by atoms with E-state index in [0.717, 1.165) is 11.3 Å². The summed E-state index contributed by atoms with van der Waals surface area (Å²) in [4.78, 5) is 0. The lowest BCUT2D eigenvalue weighted by atomic mass is 10.1. The van der Waals surface area contributed by atoms with Gasteiger partial charge >= 0.3 is 0 Å². The van der Waals surface area contributed by atoms with Gasteiger partial charge in [-0.15, -0.1) is 0 Å². The van der Waals surface area contributed by atoms with Crippen molar-refractivity contribution in [3.63, 3.8) is 0 Å². The van der Waals surface area contributed by atoms with Gasteiger partial charge in [0.05, 0.1) is 10.7 Å². The zero-order valence-corrected chi connectivity index (χ0v) is 11.4. The summed E-state index contributed by atoms with van der Waals surface area (Å²) in [7, 11) is 0. The molecule has 1 N–H and O–H groups in total. The highest BCUT2D eigenvalue weighted by molar-refractivity contribution is 6.31. The van der Waals surface area contributed by atoms with Crippen molar-refractivity contribution in [2.75, 3.05) is 18.5 Å². The molecule has 20 heavy (non-hydrogen) atoms. The molecular formula is C15H13ClFNO2. The summed E-state index contributed by atoms with van der Waals surface area (Å²) in [5.74, 6) is 0.993. The topological polar surface area (TPSA) is 30.5 Å².